The smallest absolute Gasteiger partial charge is 0.127 e. The summed E-state index contributed by atoms with van der Waals surface area (Å²) in [6.07, 6.45) is 3.64. The highest BCUT2D eigenvalue weighted by Crippen LogP contribution is 2.29. The molecule has 0 aliphatic rings. The zero-order chi connectivity index (χ0) is 18.0. The summed E-state index contributed by atoms with van der Waals surface area (Å²) in [4.78, 5) is 13.7. The van der Waals surface area contributed by atoms with E-state index in [1.165, 1.54) is 0 Å². The average molecular weight is 397 g/mol. The first-order valence-electron chi connectivity index (χ1n) is 8.15. The van der Waals surface area contributed by atoms with Crippen molar-refractivity contribution in [3.05, 3.63) is 59.0 Å². The topological polar surface area (TPSA) is 50.7 Å². The lowest BCUT2D eigenvalue weighted by Crippen LogP contribution is -2.26. The Kier molecular flexibility index (Phi) is 4.86. The predicted molar refractivity (Wildman–Crippen MR) is 107 cm³/mol. The van der Waals surface area contributed by atoms with Gasteiger partial charge in [-0.15, -0.1) is 0 Å². The summed E-state index contributed by atoms with van der Waals surface area (Å²) in [5.41, 5.74) is 4.67. The molecule has 0 aliphatic carbocycles. The molecule has 1 N–H and O–H groups in total. The van der Waals surface area contributed by atoms with Gasteiger partial charge in [0, 0.05) is 33.7 Å². The van der Waals surface area contributed by atoms with E-state index in [4.69, 9.17) is 4.98 Å². The molecule has 5 heteroatoms. The molecule has 3 heterocycles. The van der Waals surface area contributed by atoms with Crippen molar-refractivity contribution < 1.29 is 0 Å². The van der Waals surface area contributed by atoms with Gasteiger partial charge in [0.1, 0.15) is 5.82 Å². The zero-order valence-corrected chi connectivity index (χ0v) is 16.4. The Hall–Kier alpha value is -2.27. The van der Waals surface area contributed by atoms with Crippen LogP contribution in [0.2, 0.25) is 0 Å². The van der Waals surface area contributed by atoms with Crippen LogP contribution in [-0.2, 0) is 0 Å². The van der Waals surface area contributed by atoms with Crippen molar-refractivity contribution in [2.45, 2.75) is 33.2 Å². The summed E-state index contributed by atoms with van der Waals surface area (Å²) in [5, 5.41) is 3.46. The van der Waals surface area contributed by atoms with E-state index in [1.54, 1.807) is 6.20 Å². The van der Waals surface area contributed by atoms with Gasteiger partial charge in [-0.25, -0.2) is 4.98 Å². The molecule has 0 saturated heterocycles. The first-order valence-corrected chi connectivity index (χ1v) is 8.95. The summed E-state index contributed by atoms with van der Waals surface area (Å²) in [6.45, 7) is 8.34. The molecule has 0 amide bonds. The lowest BCUT2D eigenvalue weighted by molar-refractivity contribution is 0.630. The van der Waals surface area contributed by atoms with E-state index >= 15 is 0 Å². The van der Waals surface area contributed by atoms with Crippen LogP contribution in [0.25, 0.3) is 22.5 Å². The fourth-order valence-corrected chi connectivity index (χ4v) is 2.90. The van der Waals surface area contributed by atoms with Crippen molar-refractivity contribution in [1.29, 1.82) is 0 Å². The first-order chi connectivity index (χ1) is 11.8. The fraction of sp³-hybridized carbons (Fsp3) is 0.250. The number of nitrogens with one attached hydrogen (secondary N) is 1. The monoisotopic (exact) mass is 396 g/mol. The summed E-state index contributed by atoms with van der Waals surface area (Å²) in [5.74, 6) is 0.822. The van der Waals surface area contributed by atoms with Gasteiger partial charge in [-0.05, 0) is 79.5 Å². The molecule has 0 fully saturated rings. The van der Waals surface area contributed by atoms with Crippen molar-refractivity contribution in [3.8, 4) is 22.5 Å². The molecule has 3 aromatic heterocycles. The molecule has 4 nitrogen and oxygen atoms in total. The van der Waals surface area contributed by atoms with Crippen LogP contribution < -0.4 is 5.32 Å². The van der Waals surface area contributed by atoms with Gasteiger partial charge in [0.25, 0.3) is 0 Å². The summed E-state index contributed by atoms with van der Waals surface area (Å²) >= 11 is 3.49. The minimum atomic E-state index is -0.0849. The quantitative estimate of drug-likeness (QED) is 0.635. The lowest BCUT2D eigenvalue weighted by Gasteiger charge is -2.22. The Balaban J connectivity index is 2.14. The molecule has 0 unspecified atom stereocenters. The second-order valence-corrected chi connectivity index (χ2v) is 7.97. The van der Waals surface area contributed by atoms with Gasteiger partial charge in [-0.1, -0.05) is 6.07 Å². The van der Waals surface area contributed by atoms with Gasteiger partial charge in [0.05, 0.1) is 11.4 Å². The van der Waals surface area contributed by atoms with Crippen molar-refractivity contribution >= 4 is 21.7 Å². The van der Waals surface area contributed by atoms with E-state index in [0.29, 0.717) is 0 Å². The van der Waals surface area contributed by atoms with Gasteiger partial charge in [-0.3, -0.25) is 9.97 Å². The normalized spacial score (nSPS) is 11.4. The Morgan fingerprint density at radius 2 is 1.72 bits per heavy atom. The van der Waals surface area contributed by atoms with E-state index < -0.39 is 0 Å². The molecule has 3 rings (SSSR count). The number of aromatic nitrogens is 3. The molecule has 0 atom stereocenters. The molecule has 3 aromatic rings. The molecule has 25 heavy (non-hydrogen) atoms. The maximum Gasteiger partial charge on any atom is 0.127 e. The molecule has 0 saturated carbocycles. The third-order valence-corrected chi connectivity index (χ3v) is 3.95. The Morgan fingerprint density at radius 3 is 2.40 bits per heavy atom. The molecule has 0 aromatic carbocycles. The number of halogens is 1. The van der Waals surface area contributed by atoms with Gasteiger partial charge in [-0.2, -0.15) is 0 Å². The van der Waals surface area contributed by atoms with E-state index in [2.05, 4.69) is 64.1 Å². The van der Waals surface area contributed by atoms with E-state index in [1.807, 2.05) is 37.4 Å². The fourth-order valence-electron chi connectivity index (χ4n) is 2.53. The molecular weight excluding hydrogens is 376 g/mol. The van der Waals surface area contributed by atoms with Crippen LogP contribution in [0.1, 0.15) is 26.5 Å². The molecular formula is C20H21BrN4. The minimum Gasteiger partial charge on any atom is -0.365 e. The largest absolute Gasteiger partial charge is 0.365 e. The number of anilines is 1. The van der Waals surface area contributed by atoms with E-state index in [0.717, 1.165) is 38.5 Å². The average Bonchev–Trinajstić information content (AvgIpc) is 2.53. The highest BCUT2D eigenvalue weighted by atomic mass is 79.9. The SMILES string of the molecule is Cc1cccc(-c2cc(-c3cncc(Br)c3)cc(NC(C)(C)C)n2)n1. The van der Waals surface area contributed by atoms with Gasteiger partial charge in [0.15, 0.2) is 0 Å². The number of hydrogen-bond acceptors (Lipinski definition) is 4. The van der Waals surface area contributed by atoms with Gasteiger partial charge >= 0.3 is 0 Å². The van der Waals surface area contributed by atoms with Crippen LogP contribution in [0.15, 0.2) is 53.3 Å². The van der Waals surface area contributed by atoms with Crippen LogP contribution >= 0.6 is 15.9 Å². The first kappa shape index (κ1) is 17.5. The maximum absolute atomic E-state index is 4.77. The van der Waals surface area contributed by atoms with Crippen molar-refractivity contribution in [2.75, 3.05) is 5.32 Å². The molecule has 0 bridgehead atoms. The minimum absolute atomic E-state index is 0.0849. The van der Waals surface area contributed by atoms with Crippen molar-refractivity contribution in [1.82, 2.24) is 15.0 Å². The predicted octanol–water partition coefficient (Wildman–Crippen LogP) is 5.49. The van der Waals surface area contributed by atoms with Crippen molar-refractivity contribution in [3.63, 3.8) is 0 Å². The third kappa shape index (κ3) is 4.63. The summed E-state index contributed by atoms with van der Waals surface area (Å²) in [7, 11) is 0. The Morgan fingerprint density at radius 1 is 0.920 bits per heavy atom. The lowest BCUT2D eigenvalue weighted by atomic mass is 10.1. The standard InChI is InChI=1S/C20H21BrN4/c1-13-6-5-7-17(23-13)18-9-14(15-8-16(21)12-22-11-15)10-19(24-18)25-20(2,3)4/h5-12H,1-4H3,(H,24,25). The molecule has 128 valence electrons. The second kappa shape index (κ2) is 6.92. The summed E-state index contributed by atoms with van der Waals surface area (Å²) in [6, 6.07) is 12.1. The van der Waals surface area contributed by atoms with Gasteiger partial charge in [0.2, 0.25) is 0 Å². The number of hydrogen-bond donors (Lipinski definition) is 1. The van der Waals surface area contributed by atoms with Crippen LogP contribution in [0.3, 0.4) is 0 Å². The van der Waals surface area contributed by atoms with Crippen LogP contribution in [-0.4, -0.2) is 20.5 Å². The van der Waals surface area contributed by atoms with Crippen LogP contribution in [0.5, 0.6) is 0 Å². The zero-order valence-electron chi connectivity index (χ0n) is 14.8. The number of aryl methyl sites for hydroxylation is 1. The van der Waals surface area contributed by atoms with Crippen LogP contribution in [0.4, 0.5) is 5.82 Å². The maximum atomic E-state index is 4.77. The van der Waals surface area contributed by atoms with Gasteiger partial charge < -0.3 is 5.32 Å². The Labute approximate surface area is 156 Å². The highest BCUT2D eigenvalue weighted by Gasteiger charge is 2.14. The molecule has 0 aliphatic heterocycles. The number of pyridine rings is 3. The summed E-state index contributed by atoms with van der Waals surface area (Å²) < 4.78 is 0.947. The molecule has 0 radical (unpaired) electrons. The number of rotatable bonds is 3. The second-order valence-electron chi connectivity index (χ2n) is 7.06. The third-order valence-electron chi connectivity index (χ3n) is 3.52. The van der Waals surface area contributed by atoms with E-state index in [9.17, 15) is 0 Å². The Bertz CT molecular complexity index is 836. The molecule has 0 spiro atoms. The number of nitrogens with zero attached hydrogens (tertiary/aromatic N) is 3. The van der Waals surface area contributed by atoms with Crippen molar-refractivity contribution in [2.24, 2.45) is 0 Å². The van der Waals surface area contributed by atoms with E-state index in [-0.39, 0.29) is 5.54 Å². The van der Waals surface area contributed by atoms with Crippen LogP contribution in [0, 0.1) is 6.92 Å². The highest BCUT2D eigenvalue weighted by molar-refractivity contribution is 9.10.